The van der Waals surface area contributed by atoms with Crippen molar-refractivity contribution >= 4 is 12.2 Å². The molecule has 7 heteroatoms. The fraction of sp³-hybridized carbons (Fsp3) is 0.471. The minimum Gasteiger partial charge on any atom is -0.450 e. The van der Waals surface area contributed by atoms with Gasteiger partial charge in [-0.05, 0) is 12.5 Å². The van der Waals surface area contributed by atoms with Gasteiger partial charge in [-0.2, -0.15) is 5.26 Å². The number of alkyl carbamates (subject to hydrolysis) is 1. The number of ether oxygens (including phenoxy) is 2. The molecular formula is C17H21N3O4. The molecule has 0 spiro atoms. The van der Waals surface area contributed by atoms with E-state index >= 15 is 0 Å². The van der Waals surface area contributed by atoms with Gasteiger partial charge in [0.05, 0.1) is 12.7 Å². The predicted molar refractivity (Wildman–Crippen MR) is 85.9 cm³/mol. The quantitative estimate of drug-likeness (QED) is 0.915. The molecule has 7 nitrogen and oxygen atoms in total. The van der Waals surface area contributed by atoms with E-state index in [9.17, 15) is 14.9 Å². The topological polar surface area (TPSA) is 91.7 Å². The Balaban J connectivity index is 1.84. The third kappa shape index (κ3) is 4.62. The van der Waals surface area contributed by atoms with E-state index in [2.05, 4.69) is 11.4 Å². The van der Waals surface area contributed by atoms with Crippen LogP contribution in [0.2, 0.25) is 0 Å². The molecule has 2 amide bonds. The summed E-state index contributed by atoms with van der Waals surface area (Å²) >= 11 is 0. The molecule has 1 aliphatic heterocycles. The highest BCUT2D eigenvalue weighted by molar-refractivity contribution is 5.70. The van der Waals surface area contributed by atoms with Gasteiger partial charge in [-0.15, -0.1) is 0 Å². The molecule has 0 unspecified atom stereocenters. The first-order valence-corrected chi connectivity index (χ1v) is 7.90. The lowest BCUT2D eigenvalue weighted by Gasteiger charge is -2.36. The van der Waals surface area contributed by atoms with Gasteiger partial charge in [-0.1, -0.05) is 30.3 Å². The number of nitrogens with zero attached hydrogens (tertiary/aromatic N) is 2. The van der Waals surface area contributed by atoms with Crippen molar-refractivity contribution in [3.63, 3.8) is 0 Å². The smallest absolute Gasteiger partial charge is 0.409 e. The number of carbonyl (C=O) groups is 2. The Morgan fingerprint density at radius 2 is 1.92 bits per heavy atom. The van der Waals surface area contributed by atoms with E-state index in [1.165, 1.54) is 4.90 Å². The molecule has 1 aromatic rings. The van der Waals surface area contributed by atoms with Gasteiger partial charge >= 0.3 is 12.2 Å². The van der Waals surface area contributed by atoms with Crippen molar-refractivity contribution in [3.05, 3.63) is 35.9 Å². The van der Waals surface area contributed by atoms with E-state index in [1.807, 2.05) is 30.3 Å². The van der Waals surface area contributed by atoms with Crippen LogP contribution in [-0.2, 0) is 16.1 Å². The molecule has 24 heavy (non-hydrogen) atoms. The first-order valence-electron chi connectivity index (χ1n) is 7.90. The van der Waals surface area contributed by atoms with Crippen LogP contribution in [0.1, 0.15) is 25.3 Å². The normalized spacial score (nSPS) is 15.9. The van der Waals surface area contributed by atoms with Crippen molar-refractivity contribution in [2.24, 2.45) is 0 Å². The van der Waals surface area contributed by atoms with Gasteiger partial charge < -0.3 is 19.7 Å². The van der Waals surface area contributed by atoms with E-state index in [4.69, 9.17) is 9.47 Å². The average molecular weight is 331 g/mol. The number of benzene rings is 1. The maximum Gasteiger partial charge on any atom is 0.409 e. The number of hydrogen-bond acceptors (Lipinski definition) is 5. The van der Waals surface area contributed by atoms with E-state index < -0.39 is 17.7 Å². The standard InChI is InChI=1S/C17H21N3O4/c1-2-23-16(22)20-10-8-17(13-18,9-11-20)19-15(21)24-12-14-6-4-3-5-7-14/h3-7H,2,8-12H2,1H3,(H,19,21). The maximum absolute atomic E-state index is 12.0. The Labute approximate surface area is 141 Å². The molecule has 0 aliphatic carbocycles. The zero-order valence-corrected chi connectivity index (χ0v) is 13.7. The molecule has 1 aromatic carbocycles. The fourth-order valence-corrected chi connectivity index (χ4v) is 2.51. The number of hydrogen-bond donors (Lipinski definition) is 1. The summed E-state index contributed by atoms with van der Waals surface area (Å²) in [5.74, 6) is 0. The van der Waals surface area contributed by atoms with Crippen molar-refractivity contribution in [1.29, 1.82) is 5.26 Å². The Bertz CT molecular complexity index is 604. The summed E-state index contributed by atoms with van der Waals surface area (Å²) in [6, 6.07) is 11.5. The Hall–Kier alpha value is -2.75. The van der Waals surface area contributed by atoms with Crippen LogP contribution in [0, 0.1) is 11.3 Å². The van der Waals surface area contributed by atoms with Crippen molar-refractivity contribution in [1.82, 2.24) is 10.2 Å². The van der Waals surface area contributed by atoms with E-state index in [0.717, 1.165) is 5.56 Å². The minimum absolute atomic E-state index is 0.142. The van der Waals surface area contributed by atoms with Crippen molar-refractivity contribution < 1.29 is 19.1 Å². The Kier molecular flexibility index (Phi) is 6.01. The lowest BCUT2D eigenvalue weighted by atomic mass is 9.89. The monoisotopic (exact) mass is 331 g/mol. The van der Waals surface area contributed by atoms with Gasteiger partial charge in [0, 0.05) is 25.9 Å². The summed E-state index contributed by atoms with van der Waals surface area (Å²) in [5, 5.41) is 12.1. The van der Waals surface area contributed by atoms with Crippen LogP contribution < -0.4 is 5.32 Å². The third-order valence-electron chi connectivity index (χ3n) is 3.91. The van der Waals surface area contributed by atoms with Crippen LogP contribution in [0.3, 0.4) is 0 Å². The van der Waals surface area contributed by atoms with Gasteiger partial charge in [0.1, 0.15) is 12.1 Å². The molecule has 0 saturated carbocycles. The number of nitriles is 1. The molecule has 0 aromatic heterocycles. The summed E-state index contributed by atoms with van der Waals surface area (Å²) in [6.07, 6.45) is -0.355. The van der Waals surface area contributed by atoms with Gasteiger partial charge in [-0.3, -0.25) is 0 Å². The minimum atomic E-state index is -1.02. The molecule has 1 N–H and O–H groups in total. The van der Waals surface area contributed by atoms with Gasteiger partial charge in [0.25, 0.3) is 0 Å². The van der Waals surface area contributed by atoms with Crippen LogP contribution in [-0.4, -0.2) is 42.3 Å². The summed E-state index contributed by atoms with van der Waals surface area (Å²) in [7, 11) is 0. The highest BCUT2D eigenvalue weighted by Gasteiger charge is 2.38. The molecule has 2 rings (SSSR count). The van der Waals surface area contributed by atoms with E-state index in [1.54, 1.807) is 6.92 Å². The van der Waals surface area contributed by atoms with Crippen molar-refractivity contribution in [2.75, 3.05) is 19.7 Å². The highest BCUT2D eigenvalue weighted by atomic mass is 16.6. The number of rotatable bonds is 4. The lowest BCUT2D eigenvalue weighted by molar-refractivity contribution is 0.0847. The van der Waals surface area contributed by atoms with E-state index in [-0.39, 0.29) is 6.61 Å². The number of nitrogens with one attached hydrogen (secondary N) is 1. The van der Waals surface area contributed by atoms with Crippen LogP contribution in [0.25, 0.3) is 0 Å². The van der Waals surface area contributed by atoms with Crippen LogP contribution >= 0.6 is 0 Å². The second-order valence-electron chi connectivity index (χ2n) is 5.57. The number of piperidine rings is 1. The molecule has 128 valence electrons. The van der Waals surface area contributed by atoms with Crippen LogP contribution in [0.15, 0.2) is 30.3 Å². The molecule has 1 saturated heterocycles. The van der Waals surface area contributed by atoms with Crippen LogP contribution in [0.4, 0.5) is 9.59 Å². The largest absolute Gasteiger partial charge is 0.450 e. The second-order valence-corrected chi connectivity index (χ2v) is 5.57. The number of carbonyl (C=O) groups excluding carboxylic acids is 2. The second kappa shape index (κ2) is 8.20. The van der Waals surface area contributed by atoms with Crippen LogP contribution in [0.5, 0.6) is 0 Å². The fourth-order valence-electron chi connectivity index (χ4n) is 2.51. The Morgan fingerprint density at radius 1 is 1.25 bits per heavy atom. The maximum atomic E-state index is 12.0. The molecular weight excluding hydrogens is 310 g/mol. The summed E-state index contributed by atoms with van der Waals surface area (Å²) in [4.78, 5) is 25.2. The van der Waals surface area contributed by atoms with Crippen molar-refractivity contribution in [2.45, 2.75) is 31.9 Å². The number of amides is 2. The first kappa shape index (κ1) is 17.6. The molecule has 0 bridgehead atoms. The first-order chi connectivity index (χ1) is 11.6. The van der Waals surface area contributed by atoms with Gasteiger partial charge in [0.2, 0.25) is 0 Å². The molecule has 1 fully saturated rings. The zero-order valence-electron chi connectivity index (χ0n) is 13.7. The molecule has 0 atom stereocenters. The summed E-state index contributed by atoms with van der Waals surface area (Å²) < 4.78 is 10.1. The predicted octanol–water partition coefficient (Wildman–Crippen LogP) is 2.43. The molecule has 0 radical (unpaired) electrons. The number of likely N-dealkylation sites (tertiary alicyclic amines) is 1. The summed E-state index contributed by atoms with van der Waals surface area (Å²) in [5.41, 5.74) is -0.146. The third-order valence-corrected chi connectivity index (χ3v) is 3.91. The molecule has 1 heterocycles. The van der Waals surface area contributed by atoms with Gasteiger partial charge in [-0.25, -0.2) is 9.59 Å². The molecule has 1 aliphatic rings. The average Bonchev–Trinajstić information content (AvgIpc) is 2.61. The summed E-state index contributed by atoms with van der Waals surface area (Å²) in [6.45, 7) is 2.90. The highest BCUT2D eigenvalue weighted by Crippen LogP contribution is 2.22. The zero-order chi connectivity index (χ0) is 17.4. The van der Waals surface area contributed by atoms with Crippen molar-refractivity contribution in [3.8, 4) is 6.07 Å². The van der Waals surface area contributed by atoms with E-state index in [0.29, 0.717) is 32.5 Å². The SMILES string of the molecule is CCOC(=O)N1CCC(C#N)(NC(=O)OCc2ccccc2)CC1. The lowest BCUT2D eigenvalue weighted by Crippen LogP contribution is -2.55. The Morgan fingerprint density at radius 3 is 2.50 bits per heavy atom. The van der Waals surface area contributed by atoms with Gasteiger partial charge in [0.15, 0.2) is 0 Å².